The van der Waals surface area contributed by atoms with Crippen molar-refractivity contribution in [2.75, 3.05) is 19.0 Å². The molecule has 0 radical (unpaired) electrons. The number of aromatic nitrogens is 1. The highest BCUT2D eigenvalue weighted by atomic mass is 16.3. The Bertz CT molecular complexity index is 1170. The second-order valence-electron chi connectivity index (χ2n) is 8.14. The maximum absolute atomic E-state index is 13.1. The van der Waals surface area contributed by atoms with Crippen LogP contribution in [0.3, 0.4) is 0 Å². The van der Waals surface area contributed by atoms with Gasteiger partial charge in [-0.15, -0.1) is 0 Å². The van der Waals surface area contributed by atoms with Gasteiger partial charge in [-0.2, -0.15) is 0 Å². The van der Waals surface area contributed by atoms with Gasteiger partial charge >= 0.3 is 0 Å². The number of nitrogens with zero attached hydrogens (tertiary/aromatic N) is 3. The average Bonchev–Trinajstić information content (AvgIpc) is 3.05. The third-order valence-electron chi connectivity index (χ3n) is 5.67. The SMILES string of the molecule is Cc1ccc(/C(O)=C2\C(=O)C(=O)N(Cc3cccnc3)C2c2ccc(N(C)C)cc2)cc1. The van der Waals surface area contributed by atoms with Crippen LogP contribution in [0.1, 0.15) is 28.3 Å². The summed E-state index contributed by atoms with van der Waals surface area (Å²) in [6, 6.07) is 17.8. The monoisotopic (exact) mass is 427 g/mol. The Hall–Kier alpha value is -3.93. The minimum atomic E-state index is -0.701. The smallest absolute Gasteiger partial charge is 0.295 e. The van der Waals surface area contributed by atoms with Gasteiger partial charge in [-0.1, -0.05) is 48.0 Å². The van der Waals surface area contributed by atoms with E-state index in [2.05, 4.69) is 4.98 Å². The van der Waals surface area contributed by atoms with Crippen molar-refractivity contribution in [1.29, 1.82) is 0 Å². The van der Waals surface area contributed by atoms with Crippen LogP contribution in [0.2, 0.25) is 0 Å². The molecule has 6 nitrogen and oxygen atoms in total. The number of carbonyl (C=O) groups is 2. The van der Waals surface area contributed by atoms with E-state index in [0.717, 1.165) is 22.4 Å². The highest BCUT2D eigenvalue weighted by Gasteiger charge is 2.46. The maximum Gasteiger partial charge on any atom is 0.295 e. The summed E-state index contributed by atoms with van der Waals surface area (Å²) in [6.45, 7) is 2.16. The largest absolute Gasteiger partial charge is 0.507 e. The number of pyridine rings is 1. The Morgan fingerprint density at radius 2 is 1.72 bits per heavy atom. The first-order valence-electron chi connectivity index (χ1n) is 10.4. The molecule has 32 heavy (non-hydrogen) atoms. The molecule has 1 atom stereocenters. The zero-order valence-corrected chi connectivity index (χ0v) is 18.3. The molecule has 1 aliphatic rings. The lowest BCUT2D eigenvalue weighted by Gasteiger charge is -2.26. The molecule has 0 aliphatic carbocycles. The fraction of sp³-hybridized carbons (Fsp3) is 0.192. The van der Waals surface area contributed by atoms with E-state index in [1.54, 1.807) is 30.6 Å². The van der Waals surface area contributed by atoms with Gasteiger partial charge < -0.3 is 14.9 Å². The molecule has 1 aromatic heterocycles. The minimum absolute atomic E-state index is 0.0975. The van der Waals surface area contributed by atoms with Crippen LogP contribution in [0.5, 0.6) is 0 Å². The topological polar surface area (TPSA) is 73.7 Å². The number of benzene rings is 2. The first kappa shape index (κ1) is 21.3. The van der Waals surface area contributed by atoms with E-state index in [0.29, 0.717) is 5.56 Å². The Balaban J connectivity index is 1.84. The summed E-state index contributed by atoms with van der Waals surface area (Å²) in [4.78, 5) is 33.8. The van der Waals surface area contributed by atoms with E-state index in [1.165, 1.54) is 4.90 Å². The van der Waals surface area contributed by atoms with Crippen LogP contribution >= 0.6 is 0 Å². The minimum Gasteiger partial charge on any atom is -0.507 e. The summed E-state index contributed by atoms with van der Waals surface area (Å²) in [6.07, 6.45) is 3.33. The van der Waals surface area contributed by atoms with Crippen molar-refractivity contribution >= 4 is 23.1 Å². The van der Waals surface area contributed by atoms with Crippen molar-refractivity contribution in [3.05, 3.63) is 101 Å². The van der Waals surface area contributed by atoms with Gasteiger partial charge in [-0.25, -0.2) is 0 Å². The zero-order chi connectivity index (χ0) is 22.8. The molecule has 0 bridgehead atoms. The zero-order valence-electron chi connectivity index (χ0n) is 18.3. The Morgan fingerprint density at radius 3 is 2.31 bits per heavy atom. The Kier molecular flexibility index (Phi) is 5.77. The molecule has 4 rings (SSSR count). The quantitative estimate of drug-likeness (QED) is 0.377. The van der Waals surface area contributed by atoms with Gasteiger partial charge in [0.1, 0.15) is 5.76 Å². The number of aryl methyl sites for hydroxylation is 1. The van der Waals surface area contributed by atoms with Gasteiger partial charge in [0.05, 0.1) is 11.6 Å². The lowest BCUT2D eigenvalue weighted by molar-refractivity contribution is -0.140. The maximum atomic E-state index is 13.1. The third-order valence-corrected chi connectivity index (χ3v) is 5.67. The van der Waals surface area contributed by atoms with E-state index in [-0.39, 0.29) is 17.9 Å². The summed E-state index contributed by atoms with van der Waals surface area (Å²) in [5.74, 6) is -1.49. The standard InChI is InChI=1S/C26H25N3O3/c1-17-6-8-20(9-7-17)24(30)22-23(19-10-12-21(13-11-19)28(2)3)29(26(32)25(22)31)16-18-5-4-14-27-15-18/h4-15,23,30H,16H2,1-3H3/b24-22+. The number of aliphatic hydroxyl groups is 1. The molecule has 1 fully saturated rings. The summed E-state index contributed by atoms with van der Waals surface area (Å²) in [5.41, 5.74) is 4.20. The number of aliphatic hydroxyl groups excluding tert-OH is 1. The number of anilines is 1. The van der Waals surface area contributed by atoms with Crippen molar-refractivity contribution in [2.45, 2.75) is 19.5 Å². The first-order valence-corrected chi connectivity index (χ1v) is 10.4. The molecule has 2 heterocycles. The Labute approximate surface area is 187 Å². The normalized spacial score (nSPS) is 17.6. The molecule has 1 saturated heterocycles. The highest BCUT2D eigenvalue weighted by molar-refractivity contribution is 6.46. The number of carbonyl (C=O) groups excluding carboxylic acids is 2. The number of likely N-dealkylation sites (tertiary alicyclic amines) is 1. The molecule has 3 aromatic rings. The number of ketones is 1. The molecule has 162 valence electrons. The van der Waals surface area contributed by atoms with Gasteiger partial charge in [0.2, 0.25) is 0 Å². The van der Waals surface area contributed by atoms with Crippen LogP contribution in [0, 0.1) is 6.92 Å². The average molecular weight is 428 g/mol. The van der Waals surface area contributed by atoms with Crippen LogP contribution in [-0.4, -0.2) is 40.8 Å². The Morgan fingerprint density at radius 1 is 1.03 bits per heavy atom. The van der Waals surface area contributed by atoms with Gasteiger partial charge in [0.15, 0.2) is 0 Å². The fourth-order valence-corrected chi connectivity index (χ4v) is 3.90. The van der Waals surface area contributed by atoms with Crippen LogP contribution in [0.15, 0.2) is 78.6 Å². The number of amides is 1. The van der Waals surface area contributed by atoms with E-state index in [9.17, 15) is 14.7 Å². The number of rotatable bonds is 5. The van der Waals surface area contributed by atoms with Crippen LogP contribution in [0.25, 0.3) is 5.76 Å². The summed E-state index contributed by atoms with van der Waals surface area (Å²) >= 11 is 0. The van der Waals surface area contributed by atoms with Crippen LogP contribution in [-0.2, 0) is 16.1 Å². The number of hydrogen-bond donors (Lipinski definition) is 1. The molecule has 1 amide bonds. The van der Waals surface area contributed by atoms with Crippen LogP contribution < -0.4 is 4.90 Å². The van der Waals surface area contributed by atoms with E-state index >= 15 is 0 Å². The highest BCUT2D eigenvalue weighted by Crippen LogP contribution is 2.40. The van der Waals surface area contributed by atoms with E-state index < -0.39 is 17.7 Å². The lowest BCUT2D eigenvalue weighted by Crippen LogP contribution is -2.29. The van der Waals surface area contributed by atoms with Gasteiger partial charge in [-0.05, 0) is 36.2 Å². The van der Waals surface area contributed by atoms with Gasteiger partial charge in [0, 0.05) is 44.3 Å². The molecule has 2 aromatic carbocycles. The number of hydrogen-bond acceptors (Lipinski definition) is 5. The molecule has 0 spiro atoms. The fourth-order valence-electron chi connectivity index (χ4n) is 3.90. The van der Waals surface area contributed by atoms with Crippen molar-refractivity contribution in [1.82, 2.24) is 9.88 Å². The molecule has 6 heteroatoms. The summed E-state index contributed by atoms with van der Waals surface area (Å²) in [5, 5.41) is 11.1. The van der Waals surface area contributed by atoms with Crippen molar-refractivity contribution in [3.8, 4) is 0 Å². The molecule has 1 N–H and O–H groups in total. The summed E-state index contributed by atoms with van der Waals surface area (Å²) < 4.78 is 0. The van der Waals surface area contributed by atoms with Crippen LogP contribution in [0.4, 0.5) is 5.69 Å². The van der Waals surface area contributed by atoms with Crippen molar-refractivity contribution in [3.63, 3.8) is 0 Å². The second-order valence-corrected chi connectivity index (χ2v) is 8.14. The van der Waals surface area contributed by atoms with Gasteiger partial charge in [-0.3, -0.25) is 14.6 Å². The van der Waals surface area contributed by atoms with Crippen molar-refractivity contribution in [2.24, 2.45) is 0 Å². The second kappa shape index (κ2) is 8.67. The number of Topliss-reactive ketones (excluding diaryl/α,β-unsaturated/α-hetero) is 1. The first-order chi connectivity index (χ1) is 15.4. The van der Waals surface area contributed by atoms with Gasteiger partial charge in [0.25, 0.3) is 11.7 Å². The predicted octanol–water partition coefficient (Wildman–Crippen LogP) is 4.08. The molecular formula is C26H25N3O3. The van der Waals surface area contributed by atoms with Crippen molar-refractivity contribution < 1.29 is 14.7 Å². The molecular weight excluding hydrogens is 402 g/mol. The summed E-state index contributed by atoms with van der Waals surface area (Å²) in [7, 11) is 3.89. The molecule has 1 unspecified atom stereocenters. The predicted molar refractivity (Wildman–Crippen MR) is 124 cm³/mol. The van der Waals surface area contributed by atoms with E-state index in [4.69, 9.17) is 0 Å². The van der Waals surface area contributed by atoms with E-state index in [1.807, 2.05) is 68.4 Å². The molecule has 1 aliphatic heterocycles. The molecule has 0 saturated carbocycles. The third kappa shape index (κ3) is 3.99. The lowest BCUT2D eigenvalue weighted by atomic mass is 9.94.